The molecule has 35 heavy (non-hydrogen) atoms. The molecule has 5 rings (SSSR count). The van der Waals surface area contributed by atoms with E-state index in [0.717, 1.165) is 37.1 Å². The van der Waals surface area contributed by atoms with Crippen LogP contribution in [-0.2, 0) is 4.79 Å². The van der Waals surface area contributed by atoms with Crippen LogP contribution in [0.4, 0.5) is 19.0 Å². The van der Waals surface area contributed by atoms with E-state index in [4.69, 9.17) is 20.1 Å². The van der Waals surface area contributed by atoms with Gasteiger partial charge in [-0.2, -0.15) is 18.3 Å². The highest BCUT2D eigenvalue weighted by molar-refractivity contribution is 5.81. The second-order valence-corrected chi connectivity index (χ2v) is 7.82. The number of carboxylic acid groups (broad SMARTS) is 1. The topological polar surface area (TPSA) is 152 Å². The molecule has 0 radical (unpaired) electrons. The van der Waals surface area contributed by atoms with Gasteiger partial charge in [0.1, 0.15) is 17.1 Å². The maximum atomic E-state index is 10.6. The predicted octanol–water partition coefficient (Wildman–Crippen LogP) is 3.60. The van der Waals surface area contributed by atoms with Crippen molar-refractivity contribution in [2.24, 2.45) is 0 Å². The lowest BCUT2D eigenvalue weighted by atomic mass is 10.1. The Kier molecular flexibility index (Phi) is 6.60. The van der Waals surface area contributed by atoms with Gasteiger partial charge in [-0.25, -0.2) is 14.8 Å². The van der Waals surface area contributed by atoms with Gasteiger partial charge in [0.05, 0.1) is 17.8 Å². The quantitative estimate of drug-likeness (QED) is 0.337. The number of aliphatic carboxylic acids is 1. The SMILES string of the molecule is Nc1ncc(-c2cnn(C3CCNCC3)c2)cc1-c1nc2cc(O)ccc2o1.O=C(O)C(F)(F)F. The Labute approximate surface area is 196 Å². The maximum Gasteiger partial charge on any atom is 0.490 e. The third-order valence-corrected chi connectivity index (χ3v) is 5.38. The summed E-state index contributed by atoms with van der Waals surface area (Å²) in [5.74, 6) is -1.91. The third-order valence-electron chi connectivity index (χ3n) is 5.38. The molecule has 0 unspecified atom stereocenters. The Balaban J connectivity index is 0.000000364. The zero-order valence-electron chi connectivity index (χ0n) is 18.2. The van der Waals surface area contributed by atoms with E-state index in [-0.39, 0.29) is 5.75 Å². The van der Waals surface area contributed by atoms with Gasteiger partial charge in [-0.15, -0.1) is 0 Å². The number of phenols is 1. The van der Waals surface area contributed by atoms with Gasteiger partial charge in [0.2, 0.25) is 5.89 Å². The van der Waals surface area contributed by atoms with Crippen LogP contribution in [-0.4, -0.2) is 55.2 Å². The number of alkyl halides is 3. The molecule has 0 aliphatic carbocycles. The van der Waals surface area contributed by atoms with Crippen molar-refractivity contribution in [3.05, 3.63) is 42.9 Å². The van der Waals surface area contributed by atoms with Gasteiger partial charge >= 0.3 is 12.1 Å². The van der Waals surface area contributed by atoms with Gasteiger partial charge in [-0.05, 0) is 44.1 Å². The predicted molar refractivity (Wildman–Crippen MR) is 119 cm³/mol. The maximum absolute atomic E-state index is 10.6. The molecule has 0 atom stereocenters. The fourth-order valence-electron chi connectivity index (χ4n) is 3.59. The molecule has 5 N–H and O–H groups in total. The summed E-state index contributed by atoms with van der Waals surface area (Å²) in [6.07, 6.45) is 2.70. The summed E-state index contributed by atoms with van der Waals surface area (Å²) in [5.41, 5.74) is 9.72. The van der Waals surface area contributed by atoms with Crippen LogP contribution in [0.15, 0.2) is 47.3 Å². The normalized spacial score (nSPS) is 14.5. The first-order chi connectivity index (χ1) is 16.6. The molecule has 1 aromatic carbocycles. The number of nitrogens with zero attached hydrogens (tertiary/aromatic N) is 4. The van der Waals surface area contributed by atoms with Crippen LogP contribution in [0, 0.1) is 0 Å². The minimum absolute atomic E-state index is 0.137. The number of aromatic hydroxyl groups is 1. The van der Waals surface area contributed by atoms with Gasteiger partial charge in [-0.3, -0.25) is 4.68 Å². The van der Waals surface area contributed by atoms with Crippen LogP contribution in [0.5, 0.6) is 5.75 Å². The second kappa shape index (κ2) is 9.62. The van der Waals surface area contributed by atoms with Crippen LogP contribution in [0.1, 0.15) is 18.9 Å². The lowest BCUT2D eigenvalue weighted by Crippen LogP contribution is -2.29. The highest BCUT2D eigenvalue weighted by atomic mass is 19.4. The van der Waals surface area contributed by atoms with Crippen molar-refractivity contribution in [3.63, 3.8) is 0 Å². The number of carboxylic acids is 1. The number of piperidine rings is 1. The standard InChI is InChI=1S/C20H20N6O2.C2HF3O2/c21-19-16(20-25-17-8-15(27)1-2-18(17)28-20)7-12(9-23-19)13-10-24-26(11-13)14-3-5-22-6-4-14;3-2(4,5)1(6)7/h1-2,7-11,14,22,27H,3-6H2,(H2,21,23);(H,6,7). The number of aromatic nitrogens is 4. The Morgan fingerprint density at radius 2 is 1.89 bits per heavy atom. The number of hydrogen-bond donors (Lipinski definition) is 4. The number of rotatable bonds is 3. The molecule has 184 valence electrons. The molecule has 10 nitrogen and oxygen atoms in total. The molecule has 1 aliphatic heterocycles. The highest BCUT2D eigenvalue weighted by Crippen LogP contribution is 2.32. The molecule has 3 aromatic heterocycles. The van der Waals surface area contributed by atoms with E-state index in [1.165, 1.54) is 0 Å². The Morgan fingerprint density at radius 3 is 2.57 bits per heavy atom. The molecule has 1 saturated heterocycles. The molecule has 0 spiro atoms. The lowest BCUT2D eigenvalue weighted by Gasteiger charge is -2.22. The van der Waals surface area contributed by atoms with E-state index in [9.17, 15) is 18.3 Å². The summed E-state index contributed by atoms with van der Waals surface area (Å²) in [7, 11) is 0. The minimum Gasteiger partial charge on any atom is -0.508 e. The highest BCUT2D eigenvalue weighted by Gasteiger charge is 2.38. The molecule has 0 amide bonds. The second-order valence-electron chi connectivity index (χ2n) is 7.82. The molecule has 1 aliphatic rings. The number of oxazole rings is 1. The fraction of sp³-hybridized carbons (Fsp3) is 0.273. The summed E-state index contributed by atoms with van der Waals surface area (Å²) in [6, 6.07) is 7.12. The van der Waals surface area contributed by atoms with E-state index < -0.39 is 12.1 Å². The van der Waals surface area contributed by atoms with Crippen molar-refractivity contribution in [2.45, 2.75) is 25.1 Å². The van der Waals surface area contributed by atoms with Gasteiger partial charge in [-0.1, -0.05) is 0 Å². The van der Waals surface area contributed by atoms with Gasteiger partial charge in [0.15, 0.2) is 5.58 Å². The zero-order chi connectivity index (χ0) is 25.2. The first kappa shape index (κ1) is 24.0. The Hall–Kier alpha value is -4.13. The number of pyridine rings is 1. The van der Waals surface area contributed by atoms with E-state index in [0.29, 0.717) is 34.4 Å². The van der Waals surface area contributed by atoms with Crippen LogP contribution in [0.3, 0.4) is 0 Å². The van der Waals surface area contributed by atoms with Crippen molar-refractivity contribution < 1.29 is 32.6 Å². The van der Waals surface area contributed by atoms with E-state index in [2.05, 4.69) is 26.6 Å². The third kappa shape index (κ3) is 5.51. The van der Waals surface area contributed by atoms with E-state index in [1.54, 1.807) is 24.4 Å². The average molecular weight is 490 g/mol. The minimum atomic E-state index is -5.08. The Bertz CT molecular complexity index is 1340. The number of benzene rings is 1. The summed E-state index contributed by atoms with van der Waals surface area (Å²) in [4.78, 5) is 17.7. The molecule has 0 saturated carbocycles. The smallest absolute Gasteiger partial charge is 0.490 e. The number of carbonyl (C=O) groups is 1. The number of nitrogen functional groups attached to an aromatic ring is 1. The zero-order valence-corrected chi connectivity index (χ0v) is 18.2. The first-order valence-corrected chi connectivity index (χ1v) is 10.5. The van der Waals surface area contributed by atoms with Crippen molar-refractivity contribution in [1.29, 1.82) is 0 Å². The summed E-state index contributed by atoms with van der Waals surface area (Å²) >= 11 is 0. The average Bonchev–Trinajstić information content (AvgIpc) is 3.47. The summed E-state index contributed by atoms with van der Waals surface area (Å²) in [5, 5.41) is 24.7. The number of hydrogen-bond acceptors (Lipinski definition) is 8. The Morgan fingerprint density at radius 1 is 1.17 bits per heavy atom. The number of fused-ring (bicyclic) bond motifs is 1. The van der Waals surface area contributed by atoms with Crippen LogP contribution in [0.25, 0.3) is 33.7 Å². The summed E-state index contributed by atoms with van der Waals surface area (Å²) in [6.45, 7) is 2.03. The molecule has 4 heterocycles. The van der Waals surface area contributed by atoms with Crippen molar-refractivity contribution in [3.8, 4) is 28.3 Å². The monoisotopic (exact) mass is 490 g/mol. The van der Waals surface area contributed by atoms with Crippen LogP contribution in [0.2, 0.25) is 0 Å². The van der Waals surface area contributed by atoms with Gasteiger partial charge < -0.3 is 25.7 Å². The lowest BCUT2D eigenvalue weighted by molar-refractivity contribution is -0.192. The fourth-order valence-corrected chi connectivity index (χ4v) is 3.59. The van der Waals surface area contributed by atoms with Crippen LogP contribution < -0.4 is 11.1 Å². The number of halogens is 3. The summed E-state index contributed by atoms with van der Waals surface area (Å²) < 4.78 is 39.6. The first-order valence-electron chi connectivity index (χ1n) is 10.5. The largest absolute Gasteiger partial charge is 0.508 e. The molecule has 13 heteroatoms. The molecule has 4 aromatic rings. The molecular formula is C22H21F3N6O4. The molecule has 1 fully saturated rings. The number of nitrogens with one attached hydrogen (secondary N) is 1. The van der Waals surface area contributed by atoms with Crippen molar-refractivity contribution >= 4 is 22.9 Å². The van der Waals surface area contributed by atoms with Crippen LogP contribution >= 0.6 is 0 Å². The number of anilines is 1. The van der Waals surface area contributed by atoms with Crippen molar-refractivity contribution in [1.82, 2.24) is 25.1 Å². The van der Waals surface area contributed by atoms with Crippen molar-refractivity contribution in [2.75, 3.05) is 18.8 Å². The van der Waals surface area contributed by atoms with E-state index >= 15 is 0 Å². The van der Waals surface area contributed by atoms with Gasteiger partial charge in [0, 0.05) is 29.6 Å². The molecule has 0 bridgehead atoms. The number of nitrogens with two attached hydrogens (primary N) is 1. The number of phenolic OH excluding ortho intramolecular Hbond substituents is 1. The molecular weight excluding hydrogens is 469 g/mol. The van der Waals surface area contributed by atoms with Gasteiger partial charge in [0.25, 0.3) is 0 Å². The van der Waals surface area contributed by atoms with E-state index in [1.807, 2.05) is 16.9 Å².